The van der Waals surface area contributed by atoms with E-state index < -0.39 is 6.04 Å². The van der Waals surface area contributed by atoms with Crippen LogP contribution in [0.25, 0.3) is 0 Å². The first-order valence-corrected chi connectivity index (χ1v) is 5.17. The van der Waals surface area contributed by atoms with Gasteiger partial charge in [0.25, 0.3) is 5.91 Å². The van der Waals surface area contributed by atoms with Crippen LogP contribution in [-0.2, 0) is 0 Å². The average Bonchev–Trinajstić information content (AvgIpc) is 2.18. The molecule has 1 N–H and O–H groups in total. The van der Waals surface area contributed by atoms with Crippen LogP contribution in [0.15, 0.2) is 24.3 Å². The molecule has 0 saturated heterocycles. The summed E-state index contributed by atoms with van der Waals surface area (Å²) < 4.78 is 1.08. The van der Waals surface area contributed by atoms with Crippen molar-refractivity contribution in [3.8, 4) is 6.07 Å². The minimum absolute atomic E-state index is 0.213. The maximum atomic E-state index is 11.5. The molecule has 72 valence electrons. The van der Waals surface area contributed by atoms with Crippen molar-refractivity contribution in [2.75, 3.05) is 0 Å². The second-order valence-electron chi connectivity index (χ2n) is 2.83. The van der Waals surface area contributed by atoms with Crippen LogP contribution in [-0.4, -0.2) is 11.9 Å². The third-order valence-electron chi connectivity index (χ3n) is 1.65. The smallest absolute Gasteiger partial charge is 0.252 e. The van der Waals surface area contributed by atoms with E-state index in [1.54, 1.807) is 19.1 Å². The van der Waals surface area contributed by atoms with Gasteiger partial charge < -0.3 is 5.32 Å². The molecule has 0 aromatic heterocycles. The number of rotatable bonds is 2. The monoisotopic (exact) mass is 300 g/mol. The number of carbonyl (C=O) groups excluding carboxylic acids is 1. The number of halogens is 1. The predicted molar refractivity (Wildman–Crippen MR) is 61.7 cm³/mol. The molecular weight excluding hydrogens is 291 g/mol. The number of nitrogens with one attached hydrogen (secondary N) is 1. The summed E-state index contributed by atoms with van der Waals surface area (Å²) in [4.78, 5) is 11.5. The molecule has 0 spiro atoms. The van der Waals surface area contributed by atoms with Gasteiger partial charge in [-0.25, -0.2) is 0 Å². The first-order chi connectivity index (χ1) is 6.63. The number of hydrogen-bond acceptors (Lipinski definition) is 2. The van der Waals surface area contributed by atoms with Crippen molar-refractivity contribution in [1.29, 1.82) is 5.26 Å². The number of benzene rings is 1. The summed E-state index contributed by atoms with van der Waals surface area (Å²) in [6.07, 6.45) is 0. The zero-order valence-corrected chi connectivity index (χ0v) is 9.78. The van der Waals surface area contributed by atoms with E-state index in [2.05, 4.69) is 27.9 Å². The molecule has 14 heavy (non-hydrogen) atoms. The molecular formula is C10H9IN2O. The van der Waals surface area contributed by atoms with E-state index in [0.717, 1.165) is 3.57 Å². The summed E-state index contributed by atoms with van der Waals surface area (Å²) in [5.41, 5.74) is 0.576. The predicted octanol–water partition coefficient (Wildman–Crippen LogP) is 1.93. The fourth-order valence-electron chi connectivity index (χ4n) is 0.914. The molecule has 4 heteroatoms. The van der Waals surface area contributed by atoms with Gasteiger partial charge in [-0.05, 0) is 53.8 Å². The van der Waals surface area contributed by atoms with Crippen LogP contribution in [0, 0.1) is 14.9 Å². The highest BCUT2D eigenvalue weighted by molar-refractivity contribution is 14.1. The van der Waals surface area contributed by atoms with E-state index in [-0.39, 0.29) is 5.91 Å². The minimum atomic E-state index is -0.457. The van der Waals surface area contributed by atoms with Crippen molar-refractivity contribution in [2.24, 2.45) is 0 Å². The molecule has 1 unspecified atom stereocenters. The molecule has 0 radical (unpaired) electrons. The number of hydrogen-bond donors (Lipinski definition) is 1. The largest absolute Gasteiger partial charge is 0.337 e. The molecule has 0 fully saturated rings. The SMILES string of the molecule is CC(C#N)NC(=O)c1ccc(I)cc1. The minimum Gasteiger partial charge on any atom is -0.337 e. The van der Waals surface area contributed by atoms with E-state index in [1.807, 2.05) is 18.2 Å². The van der Waals surface area contributed by atoms with Gasteiger partial charge in [-0.1, -0.05) is 0 Å². The second kappa shape index (κ2) is 4.96. The van der Waals surface area contributed by atoms with Gasteiger partial charge in [0.2, 0.25) is 0 Å². The molecule has 0 heterocycles. The molecule has 0 aliphatic rings. The molecule has 0 aliphatic carbocycles. The lowest BCUT2D eigenvalue weighted by Crippen LogP contribution is -2.31. The standard InChI is InChI=1S/C10H9IN2O/c1-7(6-12)13-10(14)8-2-4-9(11)5-3-8/h2-5,7H,1H3,(H,13,14). The van der Waals surface area contributed by atoms with Gasteiger partial charge in [-0.2, -0.15) is 5.26 Å². The maximum absolute atomic E-state index is 11.5. The molecule has 3 nitrogen and oxygen atoms in total. The van der Waals surface area contributed by atoms with Gasteiger partial charge in [-0.15, -0.1) is 0 Å². The first kappa shape index (κ1) is 11.0. The molecule has 1 aromatic rings. The third-order valence-corrected chi connectivity index (χ3v) is 2.37. The number of nitrogens with zero attached hydrogens (tertiary/aromatic N) is 1. The van der Waals surface area contributed by atoms with E-state index in [1.165, 1.54) is 0 Å². The van der Waals surface area contributed by atoms with Crippen LogP contribution in [0.5, 0.6) is 0 Å². The van der Waals surface area contributed by atoms with Gasteiger partial charge in [0, 0.05) is 9.13 Å². The Morgan fingerprint density at radius 3 is 2.57 bits per heavy atom. The van der Waals surface area contributed by atoms with E-state index >= 15 is 0 Å². The van der Waals surface area contributed by atoms with Crippen LogP contribution < -0.4 is 5.32 Å². The maximum Gasteiger partial charge on any atom is 0.252 e. The Hall–Kier alpha value is -1.09. The second-order valence-corrected chi connectivity index (χ2v) is 4.08. The van der Waals surface area contributed by atoms with Crippen molar-refractivity contribution < 1.29 is 4.79 Å². The fraction of sp³-hybridized carbons (Fsp3) is 0.200. The Morgan fingerprint density at radius 1 is 1.50 bits per heavy atom. The van der Waals surface area contributed by atoms with E-state index in [9.17, 15) is 4.79 Å². The van der Waals surface area contributed by atoms with Gasteiger partial charge in [0.1, 0.15) is 6.04 Å². The summed E-state index contributed by atoms with van der Waals surface area (Å²) in [6, 6.07) is 8.67. The highest BCUT2D eigenvalue weighted by Gasteiger charge is 2.07. The third kappa shape index (κ3) is 3.00. The normalized spacial score (nSPS) is 11.5. The summed E-state index contributed by atoms with van der Waals surface area (Å²) in [5.74, 6) is -0.213. The molecule has 1 rings (SSSR count). The lowest BCUT2D eigenvalue weighted by atomic mass is 10.2. The topological polar surface area (TPSA) is 52.9 Å². The molecule has 1 aromatic carbocycles. The van der Waals surface area contributed by atoms with Crippen molar-refractivity contribution in [1.82, 2.24) is 5.32 Å². The Morgan fingerprint density at radius 2 is 2.07 bits per heavy atom. The Labute approximate surface area is 96.3 Å². The fourth-order valence-corrected chi connectivity index (χ4v) is 1.27. The summed E-state index contributed by atoms with van der Waals surface area (Å²) in [6.45, 7) is 1.64. The van der Waals surface area contributed by atoms with Crippen LogP contribution in [0.4, 0.5) is 0 Å². The summed E-state index contributed by atoms with van der Waals surface area (Å²) >= 11 is 2.17. The zero-order chi connectivity index (χ0) is 10.6. The van der Waals surface area contributed by atoms with Gasteiger partial charge >= 0.3 is 0 Å². The molecule has 0 bridgehead atoms. The highest BCUT2D eigenvalue weighted by Crippen LogP contribution is 2.06. The molecule has 0 aliphatic heterocycles. The Bertz CT molecular complexity index is 367. The van der Waals surface area contributed by atoms with E-state index in [4.69, 9.17) is 5.26 Å². The van der Waals surface area contributed by atoms with Crippen LogP contribution >= 0.6 is 22.6 Å². The van der Waals surface area contributed by atoms with E-state index in [0.29, 0.717) is 5.56 Å². The number of carbonyl (C=O) groups is 1. The Kier molecular flexibility index (Phi) is 3.89. The zero-order valence-electron chi connectivity index (χ0n) is 7.62. The number of amides is 1. The average molecular weight is 300 g/mol. The lowest BCUT2D eigenvalue weighted by molar-refractivity contribution is 0.0948. The van der Waals surface area contributed by atoms with Crippen molar-refractivity contribution in [2.45, 2.75) is 13.0 Å². The molecule has 1 amide bonds. The van der Waals surface area contributed by atoms with Gasteiger partial charge in [-0.3, -0.25) is 4.79 Å². The number of nitriles is 1. The van der Waals surface area contributed by atoms with Crippen LogP contribution in [0.1, 0.15) is 17.3 Å². The van der Waals surface area contributed by atoms with Crippen LogP contribution in [0.3, 0.4) is 0 Å². The van der Waals surface area contributed by atoms with Crippen molar-refractivity contribution >= 4 is 28.5 Å². The lowest BCUT2D eigenvalue weighted by Gasteiger charge is -2.05. The molecule has 0 saturated carbocycles. The summed E-state index contributed by atoms with van der Waals surface area (Å²) in [5, 5.41) is 11.1. The molecule has 1 atom stereocenters. The van der Waals surface area contributed by atoms with Gasteiger partial charge in [0.15, 0.2) is 0 Å². The van der Waals surface area contributed by atoms with Gasteiger partial charge in [0.05, 0.1) is 6.07 Å². The quantitative estimate of drug-likeness (QED) is 0.849. The van der Waals surface area contributed by atoms with Crippen LogP contribution in [0.2, 0.25) is 0 Å². The highest BCUT2D eigenvalue weighted by atomic mass is 127. The summed E-state index contributed by atoms with van der Waals surface area (Å²) in [7, 11) is 0. The first-order valence-electron chi connectivity index (χ1n) is 4.09. The Balaban J connectivity index is 2.71. The van der Waals surface area contributed by atoms with Crippen molar-refractivity contribution in [3.05, 3.63) is 33.4 Å². The van der Waals surface area contributed by atoms with Crippen molar-refractivity contribution in [3.63, 3.8) is 0 Å².